The molecule has 10 nitrogen and oxygen atoms in total. The number of anilines is 1. The molecule has 140 valence electrons. The maximum atomic E-state index is 12.6. The number of nitrogens with zero attached hydrogens (tertiary/aromatic N) is 6. The fourth-order valence-corrected chi connectivity index (χ4v) is 3.35. The number of carbonyl (C=O) groups excluding carboxylic acids is 2. The second-order valence-electron chi connectivity index (χ2n) is 6.76. The summed E-state index contributed by atoms with van der Waals surface area (Å²) in [7, 11) is 1.71. The quantitative estimate of drug-likeness (QED) is 0.847. The van der Waals surface area contributed by atoms with Gasteiger partial charge >= 0.3 is 0 Å². The Balaban J connectivity index is 1.41. The molecule has 2 aliphatic rings. The summed E-state index contributed by atoms with van der Waals surface area (Å²) < 4.78 is 1.49. The number of aromatic nitrogens is 4. The molecule has 0 aliphatic carbocycles. The molecule has 4 heterocycles. The van der Waals surface area contributed by atoms with E-state index in [1.54, 1.807) is 36.5 Å². The second-order valence-corrected chi connectivity index (χ2v) is 6.76. The van der Waals surface area contributed by atoms with Gasteiger partial charge in [0.25, 0.3) is 11.8 Å². The van der Waals surface area contributed by atoms with Crippen LogP contribution in [0.2, 0.25) is 0 Å². The number of oxime groups is 1. The molecule has 0 saturated carbocycles. The SMILES string of the molecule is Cn1cnc(C(=O)N2CCCC3(CC(C(=O)Nc4cccnc4)=NO3)C2)n1. The van der Waals surface area contributed by atoms with Crippen molar-refractivity contribution in [3.05, 3.63) is 36.7 Å². The van der Waals surface area contributed by atoms with E-state index < -0.39 is 5.60 Å². The van der Waals surface area contributed by atoms with Crippen molar-refractivity contribution in [1.29, 1.82) is 0 Å². The lowest BCUT2D eigenvalue weighted by atomic mass is 9.88. The Morgan fingerprint density at radius 1 is 1.37 bits per heavy atom. The first-order chi connectivity index (χ1) is 13.0. The predicted octanol–water partition coefficient (Wildman–Crippen LogP) is 0.600. The molecule has 4 rings (SSSR count). The van der Waals surface area contributed by atoms with Crippen LogP contribution in [-0.4, -0.2) is 60.9 Å². The highest BCUT2D eigenvalue weighted by atomic mass is 16.7. The number of amides is 2. The van der Waals surface area contributed by atoms with Gasteiger partial charge in [0.05, 0.1) is 18.4 Å². The van der Waals surface area contributed by atoms with Crippen molar-refractivity contribution in [2.45, 2.75) is 24.9 Å². The highest BCUT2D eigenvalue weighted by molar-refractivity contribution is 6.43. The van der Waals surface area contributed by atoms with Crippen LogP contribution >= 0.6 is 0 Å². The average molecular weight is 369 g/mol. The van der Waals surface area contributed by atoms with Crippen LogP contribution in [0.3, 0.4) is 0 Å². The molecule has 0 bridgehead atoms. The number of pyridine rings is 1. The Morgan fingerprint density at radius 2 is 2.26 bits per heavy atom. The number of nitrogens with one attached hydrogen (secondary N) is 1. The molecule has 1 atom stereocenters. The van der Waals surface area contributed by atoms with Gasteiger partial charge in [-0.15, -0.1) is 5.10 Å². The van der Waals surface area contributed by atoms with Crippen molar-refractivity contribution in [3.63, 3.8) is 0 Å². The van der Waals surface area contributed by atoms with Crippen LogP contribution in [0.25, 0.3) is 0 Å². The van der Waals surface area contributed by atoms with Crippen LogP contribution in [0, 0.1) is 0 Å². The molecule has 2 amide bonds. The number of hydrogen-bond donors (Lipinski definition) is 1. The third-order valence-corrected chi connectivity index (χ3v) is 4.64. The minimum absolute atomic E-state index is 0.156. The first-order valence-corrected chi connectivity index (χ1v) is 8.66. The Hall–Kier alpha value is -3.30. The zero-order valence-corrected chi connectivity index (χ0v) is 14.8. The largest absolute Gasteiger partial charge is 0.386 e. The van der Waals surface area contributed by atoms with Gasteiger partial charge in [-0.25, -0.2) is 4.98 Å². The fourth-order valence-electron chi connectivity index (χ4n) is 3.35. The minimum atomic E-state index is -0.676. The number of piperidine rings is 1. The fraction of sp³-hybridized carbons (Fsp3) is 0.412. The number of likely N-dealkylation sites (tertiary alicyclic amines) is 1. The number of carbonyl (C=O) groups is 2. The van der Waals surface area contributed by atoms with Gasteiger partial charge in [0, 0.05) is 26.2 Å². The average Bonchev–Trinajstić information content (AvgIpc) is 3.29. The molecule has 1 N–H and O–H groups in total. The van der Waals surface area contributed by atoms with Gasteiger partial charge in [-0.05, 0) is 25.0 Å². The van der Waals surface area contributed by atoms with Crippen molar-refractivity contribution in [2.75, 3.05) is 18.4 Å². The van der Waals surface area contributed by atoms with Crippen molar-refractivity contribution < 1.29 is 14.4 Å². The third-order valence-electron chi connectivity index (χ3n) is 4.64. The zero-order chi connectivity index (χ0) is 18.9. The number of hydrogen-bond acceptors (Lipinski definition) is 7. The van der Waals surface area contributed by atoms with Crippen molar-refractivity contribution in [3.8, 4) is 0 Å². The molecular weight excluding hydrogens is 350 g/mol. The van der Waals surface area contributed by atoms with E-state index in [1.807, 2.05) is 0 Å². The van der Waals surface area contributed by atoms with Gasteiger partial charge in [0.2, 0.25) is 5.82 Å². The summed E-state index contributed by atoms with van der Waals surface area (Å²) >= 11 is 0. The number of rotatable bonds is 3. The van der Waals surface area contributed by atoms with Crippen LogP contribution in [-0.2, 0) is 16.7 Å². The van der Waals surface area contributed by atoms with Crippen LogP contribution in [0.15, 0.2) is 36.0 Å². The summed E-state index contributed by atoms with van der Waals surface area (Å²) in [6.45, 7) is 0.941. The van der Waals surface area contributed by atoms with E-state index in [2.05, 4.69) is 25.5 Å². The molecule has 10 heteroatoms. The maximum absolute atomic E-state index is 12.6. The van der Waals surface area contributed by atoms with Crippen molar-refractivity contribution in [1.82, 2.24) is 24.6 Å². The number of aryl methyl sites for hydroxylation is 1. The van der Waals surface area contributed by atoms with E-state index in [0.717, 1.165) is 12.8 Å². The van der Waals surface area contributed by atoms with Gasteiger partial charge in [0.15, 0.2) is 5.60 Å². The Labute approximate surface area is 155 Å². The smallest absolute Gasteiger partial charge is 0.293 e. The normalized spacial score (nSPS) is 21.7. The monoisotopic (exact) mass is 369 g/mol. The van der Waals surface area contributed by atoms with E-state index in [9.17, 15) is 9.59 Å². The molecule has 2 aromatic rings. The van der Waals surface area contributed by atoms with E-state index in [1.165, 1.54) is 11.0 Å². The molecule has 1 saturated heterocycles. The molecule has 2 aliphatic heterocycles. The lowest BCUT2D eigenvalue weighted by molar-refractivity contribution is -0.110. The molecular formula is C17H19N7O3. The van der Waals surface area contributed by atoms with Gasteiger partial charge in [-0.1, -0.05) is 5.16 Å². The first-order valence-electron chi connectivity index (χ1n) is 8.66. The Morgan fingerprint density at radius 3 is 3.00 bits per heavy atom. The van der Waals surface area contributed by atoms with Gasteiger partial charge in [-0.2, -0.15) is 0 Å². The molecule has 0 radical (unpaired) electrons. The van der Waals surface area contributed by atoms with E-state index in [0.29, 0.717) is 30.9 Å². The van der Waals surface area contributed by atoms with Crippen molar-refractivity contribution in [2.24, 2.45) is 12.2 Å². The van der Waals surface area contributed by atoms with E-state index in [-0.39, 0.29) is 17.6 Å². The summed E-state index contributed by atoms with van der Waals surface area (Å²) in [6, 6.07) is 3.48. The summed E-state index contributed by atoms with van der Waals surface area (Å²) in [4.78, 5) is 40.3. The third kappa shape index (κ3) is 3.50. The molecule has 2 aromatic heterocycles. The highest BCUT2D eigenvalue weighted by Crippen LogP contribution is 2.34. The lowest BCUT2D eigenvalue weighted by Gasteiger charge is -2.37. The zero-order valence-electron chi connectivity index (χ0n) is 14.8. The van der Waals surface area contributed by atoms with Crippen LogP contribution < -0.4 is 5.32 Å². The maximum Gasteiger partial charge on any atom is 0.293 e. The van der Waals surface area contributed by atoms with Gasteiger partial charge in [0.1, 0.15) is 12.0 Å². The summed E-state index contributed by atoms with van der Waals surface area (Å²) in [6.07, 6.45) is 6.50. The predicted molar refractivity (Wildman–Crippen MR) is 94.9 cm³/mol. The van der Waals surface area contributed by atoms with Crippen molar-refractivity contribution >= 4 is 23.2 Å². The molecule has 27 heavy (non-hydrogen) atoms. The van der Waals surface area contributed by atoms with E-state index in [4.69, 9.17) is 4.84 Å². The molecule has 1 spiro atoms. The molecule has 1 unspecified atom stereocenters. The van der Waals surface area contributed by atoms with E-state index >= 15 is 0 Å². The Bertz CT molecular complexity index is 895. The molecule has 1 fully saturated rings. The van der Waals surface area contributed by atoms with Gasteiger partial charge < -0.3 is 15.1 Å². The summed E-state index contributed by atoms with van der Waals surface area (Å²) in [5, 5.41) is 10.8. The Kier molecular flexibility index (Phi) is 4.30. The second kappa shape index (κ2) is 6.78. The van der Waals surface area contributed by atoms with Crippen LogP contribution in [0.5, 0.6) is 0 Å². The standard InChI is InChI=1S/C17H19N7O3/c1-23-11-19-14(21-23)16(26)24-7-3-5-17(10-24)8-13(22-27-17)15(25)20-12-4-2-6-18-9-12/h2,4,6,9,11H,3,5,7-8,10H2,1H3,(H,20,25). The van der Waals surface area contributed by atoms with Gasteiger partial charge in [-0.3, -0.25) is 19.3 Å². The summed E-state index contributed by atoms with van der Waals surface area (Å²) in [5.41, 5.74) is 0.224. The summed E-state index contributed by atoms with van der Waals surface area (Å²) in [5.74, 6) is -0.413. The minimum Gasteiger partial charge on any atom is -0.386 e. The van der Waals surface area contributed by atoms with Crippen LogP contribution in [0.1, 0.15) is 29.9 Å². The molecule has 0 aromatic carbocycles. The van der Waals surface area contributed by atoms with Crippen LogP contribution in [0.4, 0.5) is 5.69 Å². The topological polar surface area (TPSA) is 115 Å². The first kappa shape index (κ1) is 17.1. The lowest BCUT2D eigenvalue weighted by Crippen LogP contribution is -2.51. The highest BCUT2D eigenvalue weighted by Gasteiger charge is 2.46.